The van der Waals surface area contributed by atoms with Gasteiger partial charge in [0, 0.05) is 12.0 Å². The van der Waals surface area contributed by atoms with Gasteiger partial charge in [-0.05, 0) is 24.6 Å². The Kier molecular flexibility index (Phi) is 3.81. The van der Waals surface area contributed by atoms with Gasteiger partial charge in [-0.25, -0.2) is 4.39 Å². The van der Waals surface area contributed by atoms with E-state index in [1.165, 1.54) is 12.1 Å². The molecule has 25 heavy (non-hydrogen) atoms. The molecule has 4 aromatic rings. The number of benzene rings is 2. The summed E-state index contributed by atoms with van der Waals surface area (Å²) in [5.74, 6) is 0.835. The van der Waals surface area contributed by atoms with E-state index < -0.39 is 0 Å². The second-order valence-electron chi connectivity index (χ2n) is 5.61. The molecule has 0 N–H and O–H groups in total. The Labute approximate surface area is 142 Å². The van der Waals surface area contributed by atoms with Crippen molar-refractivity contribution in [2.75, 3.05) is 0 Å². The van der Waals surface area contributed by atoms with Crippen LogP contribution in [-0.4, -0.2) is 20.3 Å². The van der Waals surface area contributed by atoms with E-state index in [2.05, 4.69) is 20.3 Å². The lowest BCUT2D eigenvalue weighted by atomic mass is 10.1. The lowest BCUT2D eigenvalue weighted by Gasteiger charge is -1.95. The summed E-state index contributed by atoms with van der Waals surface area (Å²) in [6, 6.07) is 14.0. The van der Waals surface area contributed by atoms with Gasteiger partial charge in [0.25, 0.3) is 0 Å². The van der Waals surface area contributed by atoms with Crippen molar-refractivity contribution < 1.29 is 13.4 Å². The highest BCUT2D eigenvalue weighted by Crippen LogP contribution is 2.21. The van der Waals surface area contributed by atoms with Gasteiger partial charge in [-0.1, -0.05) is 52.3 Å². The van der Waals surface area contributed by atoms with E-state index in [4.69, 9.17) is 9.05 Å². The SMILES string of the molecule is Cc1ccc(-c2noc(-c3nc(Cc4cccc(F)c4)no3)n2)cc1. The highest BCUT2D eigenvalue weighted by molar-refractivity contribution is 5.56. The minimum Gasteiger partial charge on any atom is -0.329 e. The van der Waals surface area contributed by atoms with E-state index in [9.17, 15) is 4.39 Å². The molecule has 7 heteroatoms. The Hall–Kier alpha value is -3.35. The second kappa shape index (κ2) is 6.27. The molecule has 0 amide bonds. The number of hydrogen-bond donors (Lipinski definition) is 0. The molecule has 0 fully saturated rings. The number of hydrogen-bond acceptors (Lipinski definition) is 6. The summed E-state index contributed by atoms with van der Waals surface area (Å²) in [5.41, 5.74) is 2.73. The minimum atomic E-state index is -0.305. The molecule has 0 atom stereocenters. The standard InChI is InChI=1S/C18H13FN4O2/c1-11-5-7-13(8-6-11)16-21-18(25-23-16)17-20-15(22-24-17)10-12-3-2-4-14(19)9-12/h2-9H,10H2,1H3. The van der Waals surface area contributed by atoms with Gasteiger partial charge in [0.2, 0.25) is 5.82 Å². The molecular formula is C18H13FN4O2. The molecule has 6 nitrogen and oxygen atoms in total. The van der Waals surface area contributed by atoms with Gasteiger partial charge >= 0.3 is 11.8 Å². The summed E-state index contributed by atoms with van der Waals surface area (Å²) in [5, 5.41) is 7.81. The second-order valence-corrected chi connectivity index (χ2v) is 5.61. The zero-order valence-electron chi connectivity index (χ0n) is 13.3. The molecule has 0 unspecified atom stereocenters. The third-order valence-electron chi connectivity index (χ3n) is 3.64. The van der Waals surface area contributed by atoms with Gasteiger partial charge in [-0.15, -0.1) is 0 Å². The topological polar surface area (TPSA) is 77.8 Å². The zero-order chi connectivity index (χ0) is 17.2. The maximum absolute atomic E-state index is 13.2. The average molecular weight is 336 g/mol. The van der Waals surface area contributed by atoms with E-state index in [0.717, 1.165) is 16.7 Å². The Morgan fingerprint density at radius 3 is 2.48 bits per heavy atom. The van der Waals surface area contributed by atoms with Crippen LogP contribution in [0, 0.1) is 12.7 Å². The monoisotopic (exact) mass is 336 g/mol. The van der Waals surface area contributed by atoms with Crippen LogP contribution >= 0.6 is 0 Å². The first-order valence-corrected chi connectivity index (χ1v) is 7.65. The predicted octanol–water partition coefficient (Wildman–Crippen LogP) is 3.82. The van der Waals surface area contributed by atoms with E-state index in [1.54, 1.807) is 12.1 Å². The maximum atomic E-state index is 13.2. The zero-order valence-corrected chi connectivity index (χ0v) is 13.3. The fourth-order valence-electron chi connectivity index (χ4n) is 2.37. The van der Waals surface area contributed by atoms with E-state index in [1.807, 2.05) is 31.2 Å². The van der Waals surface area contributed by atoms with Crippen molar-refractivity contribution in [3.63, 3.8) is 0 Å². The maximum Gasteiger partial charge on any atom is 0.316 e. The Balaban J connectivity index is 1.55. The predicted molar refractivity (Wildman–Crippen MR) is 87.0 cm³/mol. The van der Waals surface area contributed by atoms with Crippen molar-refractivity contribution >= 4 is 0 Å². The quantitative estimate of drug-likeness (QED) is 0.564. The molecule has 0 spiro atoms. The normalized spacial score (nSPS) is 11.0. The summed E-state index contributed by atoms with van der Waals surface area (Å²) < 4.78 is 23.6. The molecule has 0 aliphatic carbocycles. The van der Waals surface area contributed by atoms with Crippen LogP contribution in [0.25, 0.3) is 23.2 Å². The fourth-order valence-corrected chi connectivity index (χ4v) is 2.37. The van der Waals surface area contributed by atoms with Crippen molar-refractivity contribution in [3.8, 4) is 23.2 Å². The molecule has 0 bridgehead atoms. The van der Waals surface area contributed by atoms with Crippen LogP contribution < -0.4 is 0 Å². The fraction of sp³-hybridized carbons (Fsp3) is 0.111. The number of rotatable bonds is 4. The lowest BCUT2D eigenvalue weighted by Crippen LogP contribution is -1.91. The first-order valence-electron chi connectivity index (χ1n) is 7.65. The average Bonchev–Trinajstić information content (AvgIpc) is 3.25. The van der Waals surface area contributed by atoms with Crippen molar-refractivity contribution in [1.82, 2.24) is 20.3 Å². The Morgan fingerprint density at radius 1 is 0.920 bits per heavy atom. The highest BCUT2D eigenvalue weighted by Gasteiger charge is 2.17. The van der Waals surface area contributed by atoms with Gasteiger partial charge in [0.15, 0.2) is 5.82 Å². The highest BCUT2D eigenvalue weighted by atomic mass is 19.1. The summed E-state index contributed by atoms with van der Waals surface area (Å²) in [7, 11) is 0. The molecule has 124 valence electrons. The number of halogens is 1. The molecule has 0 saturated carbocycles. The van der Waals surface area contributed by atoms with Crippen molar-refractivity contribution in [3.05, 3.63) is 71.3 Å². The van der Waals surface area contributed by atoms with Crippen molar-refractivity contribution in [2.45, 2.75) is 13.3 Å². The van der Waals surface area contributed by atoms with Gasteiger partial charge < -0.3 is 9.05 Å². The van der Waals surface area contributed by atoms with E-state index in [0.29, 0.717) is 18.1 Å². The minimum absolute atomic E-state index is 0.136. The first kappa shape index (κ1) is 15.2. The smallest absolute Gasteiger partial charge is 0.316 e. The van der Waals surface area contributed by atoms with Crippen LogP contribution in [0.15, 0.2) is 57.6 Å². The largest absolute Gasteiger partial charge is 0.329 e. The third kappa shape index (κ3) is 3.30. The van der Waals surface area contributed by atoms with Crippen LogP contribution in [0.4, 0.5) is 4.39 Å². The molecule has 2 aromatic carbocycles. The van der Waals surface area contributed by atoms with E-state index in [-0.39, 0.29) is 17.6 Å². The van der Waals surface area contributed by atoms with Crippen LogP contribution in [-0.2, 0) is 6.42 Å². The molecule has 4 rings (SSSR count). The Morgan fingerprint density at radius 2 is 1.68 bits per heavy atom. The molecule has 0 aliphatic heterocycles. The number of aryl methyl sites for hydroxylation is 1. The molecule has 0 aliphatic rings. The summed E-state index contributed by atoms with van der Waals surface area (Å²) >= 11 is 0. The number of nitrogens with zero attached hydrogens (tertiary/aromatic N) is 4. The van der Waals surface area contributed by atoms with Crippen molar-refractivity contribution in [2.24, 2.45) is 0 Å². The van der Waals surface area contributed by atoms with Crippen LogP contribution in [0.3, 0.4) is 0 Å². The summed E-state index contributed by atoms with van der Waals surface area (Å²) in [6.07, 6.45) is 0.347. The molecule has 0 radical (unpaired) electrons. The van der Waals surface area contributed by atoms with Crippen LogP contribution in [0.1, 0.15) is 17.0 Å². The number of aromatic nitrogens is 4. The molecule has 2 aromatic heterocycles. The van der Waals surface area contributed by atoms with Gasteiger partial charge in [0.1, 0.15) is 5.82 Å². The van der Waals surface area contributed by atoms with Gasteiger partial charge in [-0.2, -0.15) is 9.97 Å². The molecule has 0 saturated heterocycles. The van der Waals surface area contributed by atoms with Gasteiger partial charge in [-0.3, -0.25) is 0 Å². The Bertz CT molecular complexity index is 1010. The van der Waals surface area contributed by atoms with Crippen LogP contribution in [0.5, 0.6) is 0 Å². The molecule has 2 heterocycles. The summed E-state index contributed by atoms with van der Waals surface area (Å²) in [6.45, 7) is 2.00. The van der Waals surface area contributed by atoms with Crippen molar-refractivity contribution in [1.29, 1.82) is 0 Å². The third-order valence-corrected chi connectivity index (χ3v) is 3.64. The van der Waals surface area contributed by atoms with Gasteiger partial charge in [0.05, 0.1) is 0 Å². The first-order chi connectivity index (χ1) is 12.2. The van der Waals surface area contributed by atoms with Crippen LogP contribution in [0.2, 0.25) is 0 Å². The van der Waals surface area contributed by atoms with E-state index >= 15 is 0 Å². The summed E-state index contributed by atoms with van der Waals surface area (Å²) in [4.78, 5) is 8.51. The lowest BCUT2D eigenvalue weighted by molar-refractivity contribution is 0.380. The molecular weight excluding hydrogens is 323 g/mol.